The monoisotopic (exact) mass is 365 g/mol. The van der Waals surface area contributed by atoms with E-state index >= 15 is 0 Å². The third-order valence-electron chi connectivity index (χ3n) is 5.23. The Balaban J connectivity index is 1.45. The summed E-state index contributed by atoms with van der Waals surface area (Å²) in [6.45, 7) is 0. The lowest BCUT2D eigenvalue weighted by atomic mass is 9.91. The van der Waals surface area contributed by atoms with Gasteiger partial charge in [-0.1, -0.05) is 54.6 Å². The average molecular weight is 365 g/mol. The van der Waals surface area contributed by atoms with Gasteiger partial charge in [0.05, 0.1) is 11.2 Å². The van der Waals surface area contributed by atoms with Crippen LogP contribution < -0.4 is 5.32 Å². The Morgan fingerprint density at radius 1 is 1.04 bits per heavy atom. The molecule has 1 aliphatic heterocycles. The zero-order valence-corrected chi connectivity index (χ0v) is 15.2. The first-order valence-electron chi connectivity index (χ1n) is 9.39. The molecule has 1 atom stereocenters. The van der Waals surface area contributed by atoms with E-state index < -0.39 is 0 Å². The Bertz CT molecular complexity index is 1180. The second kappa shape index (κ2) is 6.82. The number of fused-ring (bicyclic) bond motifs is 2. The van der Waals surface area contributed by atoms with Gasteiger partial charge in [0.15, 0.2) is 0 Å². The van der Waals surface area contributed by atoms with Crippen molar-refractivity contribution >= 4 is 35.0 Å². The molecule has 2 aliphatic rings. The van der Waals surface area contributed by atoms with E-state index in [0.717, 1.165) is 45.4 Å². The largest absolute Gasteiger partial charge is 0.325 e. The number of benzene rings is 2. The van der Waals surface area contributed by atoms with Crippen LogP contribution in [0.15, 0.2) is 78.0 Å². The number of carbonyl (C=O) groups excluding carboxylic acids is 1. The predicted octanol–water partition coefficient (Wildman–Crippen LogP) is 4.71. The molecule has 0 radical (unpaired) electrons. The number of allylic oxidation sites excluding steroid dienone is 4. The van der Waals surface area contributed by atoms with Crippen molar-refractivity contribution in [1.82, 2.24) is 15.5 Å². The van der Waals surface area contributed by atoms with Crippen molar-refractivity contribution in [3.8, 4) is 0 Å². The van der Waals surface area contributed by atoms with E-state index in [2.05, 4.69) is 45.9 Å². The molecule has 5 rings (SSSR count). The predicted molar refractivity (Wildman–Crippen MR) is 113 cm³/mol. The van der Waals surface area contributed by atoms with Crippen LogP contribution in [-0.2, 0) is 4.79 Å². The summed E-state index contributed by atoms with van der Waals surface area (Å²) in [6, 6.07) is 16.3. The van der Waals surface area contributed by atoms with E-state index in [9.17, 15) is 4.79 Å². The van der Waals surface area contributed by atoms with Crippen molar-refractivity contribution in [1.29, 1.82) is 0 Å². The van der Waals surface area contributed by atoms with Crippen molar-refractivity contribution in [3.63, 3.8) is 0 Å². The average Bonchev–Trinajstić information content (AvgIpc) is 3.28. The van der Waals surface area contributed by atoms with Gasteiger partial charge in [0.2, 0.25) is 0 Å². The number of carbonyl (C=O) groups is 1. The second-order valence-corrected chi connectivity index (χ2v) is 7.05. The van der Waals surface area contributed by atoms with Crippen molar-refractivity contribution < 1.29 is 4.79 Å². The molecule has 1 aromatic heterocycles. The molecule has 1 amide bonds. The van der Waals surface area contributed by atoms with Gasteiger partial charge >= 0.3 is 0 Å². The highest BCUT2D eigenvalue weighted by atomic mass is 16.2. The SMILES string of the molecule is O=C1NC2=CC=CCC2/C1=C\c1ccc2c(/C=C/c3ccccc3)n[nH]c2c1. The number of nitrogens with one attached hydrogen (secondary N) is 2. The van der Waals surface area contributed by atoms with Gasteiger partial charge in [0.1, 0.15) is 0 Å². The van der Waals surface area contributed by atoms with Crippen LogP contribution in [0, 0.1) is 5.92 Å². The van der Waals surface area contributed by atoms with E-state index in [1.807, 2.05) is 54.6 Å². The molecule has 0 saturated carbocycles. The number of hydrogen-bond donors (Lipinski definition) is 2. The topological polar surface area (TPSA) is 57.8 Å². The summed E-state index contributed by atoms with van der Waals surface area (Å²) in [5.74, 6) is 0.135. The van der Waals surface area contributed by atoms with Gasteiger partial charge in [0, 0.05) is 22.6 Å². The number of H-pyrrole nitrogens is 1. The van der Waals surface area contributed by atoms with Crippen LogP contribution in [-0.4, -0.2) is 16.1 Å². The first-order valence-corrected chi connectivity index (χ1v) is 9.39. The van der Waals surface area contributed by atoms with Gasteiger partial charge in [-0.15, -0.1) is 0 Å². The van der Waals surface area contributed by atoms with Crippen LogP contribution in [0.1, 0.15) is 23.2 Å². The lowest BCUT2D eigenvalue weighted by Gasteiger charge is -2.11. The van der Waals surface area contributed by atoms with Gasteiger partial charge in [0.25, 0.3) is 5.91 Å². The van der Waals surface area contributed by atoms with Crippen LogP contribution in [0.3, 0.4) is 0 Å². The fraction of sp³-hybridized carbons (Fsp3) is 0.0833. The molecule has 1 fully saturated rings. The van der Waals surface area contributed by atoms with Crippen LogP contribution in [0.2, 0.25) is 0 Å². The number of hydrogen-bond acceptors (Lipinski definition) is 2. The van der Waals surface area contributed by atoms with Gasteiger partial charge in [-0.2, -0.15) is 5.10 Å². The molecule has 4 nitrogen and oxygen atoms in total. The third-order valence-corrected chi connectivity index (χ3v) is 5.23. The van der Waals surface area contributed by atoms with Crippen LogP contribution in [0.25, 0.3) is 29.1 Å². The fourth-order valence-electron chi connectivity index (χ4n) is 3.77. The summed E-state index contributed by atoms with van der Waals surface area (Å²) in [4.78, 5) is 12.4. The summed E-state index contributed by atoms with van der Waals surface area (Å²) < 4.78 is 0. The van der Waals surface area contributed by atoms with E-state index in [1.54, 1.807) is 0 Å². The molecule has 2 N–H and O–H groups in total. The molecule has 2 aromatic carbocycles. The van der Waals surface area contributed by atoms with Crippen LogP contribution in [0.4, 0.5) is 0 Å². The highest BCUT2D eigenvalue weighted by Gasteiger charge is 2.32. The van der Waals surface area contributed by atoms with Crippen molar-refractivity contribution in [2.24, 2.45) is 5.92 Å². The smallest absolute Gasteiger partial charge is 0.252 e. The van der Waals surface area contributed by atoms with Crippen LogP contribution in [0.5, 0.6) is 0 Å². The second-order valence-electron chi connectivity index (χ2n) is 7.05. The van der Waals surface area contributed by atoms with Crippen molar-refractivity contribution in [2.75, 3.05) is 0 Å². The van der Waals surface area contributed by atoms with E-state index in [-0.39, 0.29) is 11.8 Å². The molecular formula is C24H19N3O. The van der Waals surface area contributed by atoms with E-state index in [4.69, 9.17) is 0 Å². The van der Waals surface area contributed by atoms with Gasteiger partial charge in [-0.3, -0.25) is 9.89 Å². The summed E-state index contributed by atoms with van der Waals surface area (Å²) in [5.41, 5.74) is 5.81. The molecule has 1 aliphatic carbocycles. The van der Waals surface area contributed by atoms with E-state index in [1.165, 1.54) is 0 Å². The number of nitrogens with zero attached hydrogens (tertiary/aromatic N) is 1. The number of rotatable bonds is 3. The molecule has 136 valence electrons. The molecule has 1 saturated heterocycles. The van der Waals surface area contributed by atoms with Crippen molar-refractivity contribution in [2.45, 2.75) is 6.42 Å². The fourth-order valence-corrected chi connectivity index (χ4v) is 3.77. The Hall–Kier alpha value is -3.66. The molecule has 3 aromatic rings. The Morgan fingerprint density at radius 2 is 1.93 bits per heavy atom. The highest BCUT2D eigenvalue weighted by Crippen LogP contribution is 2.33. The number of aromatic nitrogens is 2. The zero-order chi connectivity index (χ0) is 18.9. The third kappa shape index (κ3) is 2.99. The molecule has 28 heavy (non-hydrogen) atoms. The maximum atomic E-state index is 12.4. The molecule has 0 spiro atoms. The minimum Gasteiger partial charge on any atom is -0.325 e. The van der Waals surface area contributed by atoms with Gasteiger partial charge < -0.3 is 5.32 Å². The minimum atomic E-state index is -0.00357. The molecule has 1 unspecified atom stereocenters. The quantitative estimate of drug-likeness (QED) is 0.661. The maximum absolute atomic E-state index is 12.4. The van der Waals surface area contributed by atoms with Crippen molar-refractivity contribution in [3.05, 3.63) is 94.8 Å². The Kier molecular flexibility index (Phi) is 4.02. The van der Waals surface area contributed by atoms with Crippen LogP contribution >= 0.6 is 0 Å². The highest BCUT2D eigenvalue weighted by molar-refractivity contribution is 6.03. The lowest BCUT2D eigenvalue weighted by Crippen LogP contribution is -2.13. The minimum absolute atomic E-state index is 0.00357. The molecule has 2 heterocycles. The number of aromatic amines is 1. The molecular weight excluding hydrogens is 346 g/mol. The van der Waals surface area contributed by atoms with Gasteiger partial charge in [-0.05, 0) is 47.9 Å². The number of amides is 1. The standard InChI is InChI=1S/C24H19N3O/c28-24-20(18-8-4-5-9-21(18)25-24)14-17-10-12-19-22(26-27-23(19)15-17)13-11-16-6-2-1-3-7-16/h1-7,9-15,18H,8H2,(H,25,28)(H,26,27)/b13-11+,20-14+. The van der Waals surface area contributed by atoms with Gasteiger partial charge in [-0.25, -0.2) is 0 Å². The Morgan fingerprint density at radius 3 is 2.82 bits per heavy atom. The zero-order valence-electron chi connectivity index (χ0n) is 15.2. The summed E-state index contributed by atoms with van der Waals surface area (Å²) in [7, 11) is 0. The normalized spacial score (nSPS) is 20.0. The Labute approximate surface area is 163 Å². The maximum Gasteiger partial charge on any atom is 0.252 e. The lowest BCUT2D eigenvalue weighted by molar-refractivity contribution is -0.115. The molecule has 4 heteroatoms. The summed E-state index contributed by atoms with van der Waals surface area (Å²) in [6.07, 6.45) is 13.0. The first-order chi connectivity index (χ1) is 13.8. The van der Waals surface area contributed by atoms with E-state index in [0.29, 0.717) is 0 Å². The first kappa shape index (κ1) is 16.5. The molecule has 0 bridgehead atoms. The summed E-state index contributed by atoms with van der Waals surface area (Å²) >= 11 is 0. The summed E-state index contributed by atoms with van der Waals surface area (Å²) in [5, 5.41) is 11.6.